The van der Waals surface area contributed by atoms with Crippen molar-refractivity contribution < 1.29 is 22.0 Å². The van der Waals surface area contributed by atoms with Crippen LogP contribution in [0.5, 0.6) is 0 Å². The normalized spacial score (nSPS) is 17.0. The molecule has 1 heterocycles. The Morgan fingerprint density at radius 2 is 1.92 bits per heavy atom. The molecule has 8 heteroatoms. The van der Waals surface area contributed by atoms with Gasteiger partial charge in [0.15, 0.2) is 0 Å². The lowest BCUT2D eigenvalue weighted by molar-refractivity contribution is -0.139. The molecule has 0 amide bonds. The summed E-state index contributed by atoms with van der Waals surface area (Å²) in [6, 6.07) is 7.63. The average molecular weight is 386 g/mol. The Bertz CT molecular complexity index is 848. The van der Waals surface area contributed by atoms with Crippen LogP contribution in [0.3, 0.4) is 0 Å². The Kier molecular flexibility index (Phi) is 5.13. The molecule has 2 aromatic carbocycles. The van der Waals surface area contributed by atoms with Gasteiger partial charge in [-0.05, 0) is 42.6 Å². The van der Waals surface area contributed by atoms with Crippen molar-refractivity contribution in [2.75, 3.05) is 4.72 Å². The molecule has 1 unspecified atom stereocenters. The van der Waals surface area contributed by atoms with Gasteiger partial charge in [0.25, 0.3) is 0 Å². The topological polar surface area (TPSA) is 24.1 Å². The molecule has 2 aromatic rings. The van der Waals surface area contributed by atoms with E-state index in [-0.39, 0.29) is 17.5 Å². The molecule has 2 N–H and O–H groups in total. The van der Waals surface area contributed by atoms with Gasteiger partial charge in [-0.15, -0.1) is 0 Å². The van der Waals surface area contributed by atoms with E-state index in [9.17, 15) is 22.0 Å². The van der Waals surface area contributed by atoms with Crippen LogP contribution in [0.2, 0.25) is 0 Å². The van der Waals surface area contributed by atoms with E-state index in [4.69, 9.17) is 0 Å². The lowest BCUT2D eigenvalue weighted by atomic mass is 10.0. The monoisotopic (exact) mass is 386 g/mol. The van der Waals surface area contributed by atoms with Crippen molar-refractivity contribution in [3.63, 3.8) is 0 Å². The zero-order chi connectivity index (χ0) is 18.9. The van der Waals surface area contributed by atoms with E-state index in [2.05, 4.69) is 10.0 Å². The molecule has 0 radical (unpaired) electrons. The molecule has 138 valence electrons. The second-order valence-corrected chi connectivity index (χ2v) is 6.84. The Hall–Kier alpha value is -2.22. The zero-order valence-corrected chi connectivity index (χ0v) is 14.4. The van der Waals surface area contributed by atoms with Crippen molar-refractivity contribution in [2.24, 2.45) is 0 Å². The van der Waals surface area contributed by atoms with E-state index in [0.717, 1.165) is 22.9 Å². The second kappa shape index (κ2) is 7.19. The summed E-state index contributed by atoms with van der Waals surface area (Å²) < 4.78 is 68.3. The van der Waals surface area contributed by atoms with Gasteiger partial charge in [-0.25, -0.2) is 8.78 Å². The number of alkyl halides is 3. The first-order valence-electron chi connectivity index (χ1n) is 7.75. The lowest BCUT2D eigenvalue weighted by Crippen LogP contribution is -2.12. The van der Waals surface area contributed by atoms with Crippen molar-refractivity contribution in [3.05, 3.63) is 75.8 Å². The number of hydrogen-bond donors (Lipinski definition) is 2. The molecular formula is C18H15F5N2S. The zero-order valence-electron chi connectivity index (χ0n) is 13.6. The number of hydrogen-bond acceptors (Lipinski definition) is 3. The van der Waals surface area contributed by atoms with Gasteiger partial charge in [-0.3, -0.25) is 0 Å². The molecule has 0 saturated heterocycles. The van der Waals surface area contributed by atoms with Crippen LogP contribution >= 0.6 is 11.9 Å². The average Bonchev–Trinajstić information content (AvgIpc) is 3.03. The van der Waals surface area contributed by atoms with E-state index >= 15 is 0 Å². The highest BCUT2D eigenvalue weighted by Crippen LogP contribution is 2.36. The number of anilines is 1. The van der Waals surface area contributed by atoms with Crippen LogP contribution in [0.4, 0.5) is 27.6 Å². The molecule has 1 aliphatic rings. The Labute approximate surface area is 151 Å². The summed E-state index contributed by atoms with van der Waals surface area (Å²) in [4.78, 5) is 0.830. The first-order chi connectivity index (χ1) is 12.3. The predicted octanol–water partition coefficient (Wildman–Crippen LogP) is 5.93. The fourth-order valence-electron chi connectivity index (χ4n) is 2.66. The maximum Gasteiger partial charge on any atom is 0.419 e. The highest BCUT2D eigenvalue weighted by molar-refractivity contribution is 8.04. The third-order valence-electron chi connectivity index (χ3n) is 4.02. The molecular weight excluding hydrogens is 371 g/mol. The molecule has 3 rings (SSSR count). The van der Waals surface area contributed by atoms with Crippen molar-refractivity contribution in [1.29, 1.82) is 0 Å². The van der Waals surface area contributed by atoms with Crippen molar-refractivity contribution >= 4 is 17.6 Å². The standard InChI is InChI=1S/C18H15F5N2S/c1-10-3-2-4-13(17(10)20)16-8-12(9-24-16)26-25-11-5-6-14(15(19)7-11)18(21,22)23/h2-7,9,16,24-25H,8H2,1H3. The van der Waals surface area contributed by atoms with E-state index < -0.39 is 17.6 Å². The molecule has 0 aliphatic carbocycles. The molecule has 1 atom stereocenters. The number of benzene rings is 2. The molecule has 0 saturated carbocycles. The summed E-state index contributed by atoms with van der Waals surface area (Å²) in [6.45, 7) is 1.69. The second-order valence-electron chi connectivity index (χ2n) is 5.91. The Morgan fingerprint density at radius 3 is 2.62 bits per heavy atom. The van der Waals surface area contributed by atoms with Gasteiger partial charge >= 0.3 is 6.18 Å². The van der Waals surface area contributed by atoms with Crippen LogP contribution in [0, 0.1) is 18.6 Å². The quantitative estimate of drug-likeness (QED) is 0.503. The van der Waals surface area contributed by atoms with Crippen LogP contribution in [0.15, 0.2) is 47.5 Å². The molecule has 0 spiro atoms. The smallest absolute Gasteiger partial charge is 0.383 e. The van der Waals surface area contributed by atoms with Gasteiger partial charge < -0.3 is 10.0 Å². The van der Waals surface area contributed by atoms with Crippen molar-refractivity contribution in [1.82, 2.24) is 5.32 Å². The first kappa shape index (κ1) is 18.6. The van der Waals surface area contributed by atoms with Crippen LogP contribution in [0.1, 0.15) is 29.2 Å². The molecule has 0 bridgehead atoms. The Balaban J connectivity index is 1.61. The van der Waals surface area contributed by atoms with Gasteiger partial charge in [0.2, 0.25) is 0 Å². The van der Waals surface area contributed by atoms with E-state index in [1.165, 1.54) is 6.07 Å². The van der Waals surface area contributed by atoms with Crippen LogP contribution < -0.4 is 10.0 Å². The summed E-state index contributed by atoms with van der Waals surface area (Å²) in [5.41, 5.74) is 0.0255. The third kappa shape index (κ3) is 3.95. The van der Waals surface area contributed by atoms with Crippen LogP contribution in [-0.4, -0.2) is 0 Å². The molecule has 0 fully saturated rings. The molecule has 2 nitrogen and oxygen atoms in total. The predicted molar refractivity (Wildman–Crippen MR) is 92.3 cm³/mol. The summed E-state index contributed by atoms with van der Waals surface area (Å²) in [7, 11) is 0. The lowest BCUT2D eigenvalue weighted by Gasteiger charge is -2.14. The van der Waals surface area contributed by atoms with Gasteiger partial charge in [0, 0.05) is 28.8 Å². The fraction of sp³-hybridized carbons (Fsp3) is 0.222. The minimum atomic E-state index is -4.72. The van der Waals surface area contributed by atoms with E-state index in [1.807, 2.05) is 0 Å². The summed E-state index contributed by atoms with van der Waals surface area (Å²) in [6.07, 6.45) is -2.50. The van der Waals surface area contributed by atoms with E-state index in [0.29, 0.717) is 23.6 Å². The van der Waals surface area contributed by atoms with E-state index in [1.54, 1.807) is 31.3 Å². The number of nitrogens with one attached hydrogen (secondary N) is 2. The van der Waals surface area contributed by atoms with Crippen LogP contribution in [-0.2, 0) is 6.18 Å². The molecule has 1 aliphatic heterocycles. The van der Waals surface area contributed by atoms with Crippen LogP contribution in [0.25, 0.3) is 0 Å². The summed E-state index contributed by atoms with van der Waals surface area (Å²) in [5.74, 6) is -1.59. The maximum absolute atomic E-state index is 14.2. The molecule has 0 aromatic heterocycles. The SMILES string of the molecule is Cc1cccc(C2CC(SNc3ccc(C(F)(F)F)c(F)c3)=CN2)c1F. The highest BCUT2D eigenvalue weighted by atomic mass is 32.2. The van der Waals surface area contributed by atoms with Crippen molar-refractivity contribution in [2.45, 2.75) is 25.6 Å². The Morgan fingerprint density at radius 1 is 1.15 bits per heavy atom. The van der Waals surface area contributed by atoms with Gasteiger partial charge in [-0.2, -0.15) is 13.2 Å². The third-order valence-corrected chi connectivity index (χ3v) is 4.91. The number of halogens is 5. The van der Waals surface area contributed by atoms with Gasteiger partial charge in [0.1, 0.15) is 11.6 Å². The maximum atomic E-state index is 14.2. The number of aryl methyl sites for hydroxylation is 1. The van der Waals surface area contributed by atoms with Gasteiger partial charge in [-0.1, -0.05) is 18.2 Å². The minimum Gasteiger partial charge on any atom is -0.383 e. The number of rotatable bonds is 4. The fourth-order valence-corrected chi connectivity index (χ4v) is 3.41. The summed E-state index contributed by atoms with van der Waals surface area (Å²) in [5, 5.41) is 3.08. The molecule has 26 heavy (non-hydrogen) atoms. The highest BCUT2D eigenvalue weighted by Gasteiger charge is 2.34. The summed E-state index contributed by atoms with van der Waals surface area (Å²) >= 11 is 1.15. The van der Waals surface area contributed by atoms with Gasteiger partial charge in [0.05, 0.1) is 11.6 Å². The largest absolute Gasteiger partial charge is 0.419 e. The first-order valence-corrected chi connectivity index (χ1v) is 8.57. The van der Waals surface area contributed by atoms with Crippen molar-refractivity contribution in [3.8, 4) is 0 Å². The minimum absolute atomic E-state index is 0.214.